The predicted molar refractivity (Wildman–Crippen MR) is 282 cm³/mol. The average molecular weight is 855 g/mol. The van der Waals surface area contributed by atoms with Crippen LogP contribution in [0, 0.1) is 0 Å². The molecule has 0 radical (unpaired) electrons. The van der Waals surface area contributed by atoms with E-state index in [1.54, 1.807) is 0 Å². The third-order valence-electron chi connectivity index (χ3n) is 13.4. The Kier molecular flexibility index (Phi) is 9.17. The molecule has 0 spiro atoms. The summed E-state index contributed by atoms with van der Waals surface area (Å²) in [5.41, 5.74) is 17.9. The molecule has 67 heavy (non-hydrogen) atoms. The number of hydrogen-bond donors (Lipinski definition) is 0. The second-order valence-electron chi connectivity index (χ2n) is 17.3. The summed E-state index contributed by atoms with van der Waals surface area (Å²) in [6.45, 7) is 0. The number of para-hydroxylation sites is 3. The topological polar surface area (TPSA) is 21.3 Å². The number of rotatable bonds is 8. The fourth-order valence-corrected chi connectivity index (χ4v) is 10.1. The van der Waals surface area contributed by atoms with Crippen LogP contribution >= 0.6 is 0 Å². The molecule has 0 unspecified atom stereocenters. The zero-order valence-electron chi connectivity index (χ0n) is 36.6. The van der Waals surface area contributed by atoms with Crippen molar-refractivity contribution in [2.45, 2.75) is 0 Å². The maximum atomic E-state index is 6.45. The van der Waals surface area contributed by atoms with E-state index in [0.29, 0.717) is 0 Å². The standard InChI is InChI=1S/C64H42N2O/c1-3-12-43(13-4-1)44-22-24-45(25-23-44)46-26-34-52(35-27-46)65(54-38-30-49(31-39-54)56-19-11-20-60-58-18-9-10-21-62(58)67-64(56)60)53-36-28-47(29-37-53)50-33-40-57-59-41-32-48-14-7-8-17-55(48)63(59)66(61(57)42-50)51-15-5-2-6-16-51/h1-42H. The molecule has 0 saturated heterocycles. The second kappa shape index (κ2) is 16.0. The van der Waals surface area contributed by atoms with Gasteiger partial charge in [0.05, 0.1) is 11.0 Å². The maximum Gasteiger partial charge on any atom is 0.143 e. The Bertz CT molecular complexity index is 3920. The predicted octanol–water partition coefficient (Wildman–Crippen LogP) is 18.0. The highest BCUT2D eigenvalue weighted by Crippen LogP contribution is 2.42. The Morgan fingerprint density at radius 3 is 1.48 bits per heavy atom. The number of anilines is 3. The van der Waals surface area contributed by atoms with Crippen LogP contribution in [0.5, 0.6) is 0 Å². The fourth-order valence-electron chi connectivity index (χ4n) is 10.1. The van der Waals surface area contributed by atoms with Gasteiger partial charge in [0.15, 0.2) is 0 Å². The Labute approximate surface area is 388 Å². The lowest BCUT2D eigenvalue weighted by Crippen LogP contribution is -2.09. The van der Waals surface area contributed by atoms with Gasteiger partial charge in [0.2, 0.25) is 0 Å². The molecule has 0 aliphatic rings. The number of furan rings is 1. The number of hydrogen-bond acceptors (Lipinski definition) is 2. The van der Waals surface area contributed by atoms with Gasteiger partial charge in [-0.25, -0.2) is 0 Å². The normalized spacial score (nSPS) is 11.6. The van der Waals surface area contributed by atoms with E-state index < -0.39 is 0 Å². The Morgan fingerprint density at radius 1 is 0.313 bits per heavy atom. The lowest BCUT2D eigenvalue weighted by Gasteiger charge is -2.26. The molecule has 0 aliphatic carbocycles. The van der Waals surface area contributed by atoms with Crippen molar-refractivity contribution in [3.8, 4) is 50.2 Å². The molecule has 2 heterocycles. The SMILES string of the molecule is c1ccc(-c2ccc(-c3ccc(N(c4ccc(-c5ccc6c7ccc8ccccc8c7n(-c7ccccc7)c6c5)cc4)c4ccc(-c5cccc6c5oc5ccccc56)cc4)cc3)cc2)cc1. The monoisotopic (exact) mass is 854 g/mol. The van der Waals surface area contributed by atoms with Crippen molar-refractivity contribution in [2.24, 2.45) is 0 Å². The molecular weight excluding hydrogens is 813 g/mol. The summed E-state index contributed by atoms with van der Waals surface area (Å²) in [6, 6.07) is 91.8. The van der Waals surface area contributed by atoms with Crippen LogP contribution in [0.25, 0.3) is 105 Å². The lowest BCUT2D eigenvalue weighted by molar-refractivity contribution is 0.670. The highest BCUT2D eigenvalue weighted by molar-refractivity contribution is 6.19. The molecule has 3 nitrogen and oxygen atoms in total. The van der Waals surface area contributed by atoms with E-state index in [9.17, 15) is 0 Å². The van der Waals surface area contributed by atoms with Crippen LogP contribution < -0.4 is 4.90 Å². The minimum absolute atomic E-state index is 0.902. The van der Waals surface area contributed by atoms with Crippen LogP contribution in [-0.4, -0.2) is 4.57 Å². The van der Waals surface area contributed by atoms with Gasteiger partial charge in [0, 0.05) is 55.2 Å². The van der Waals surface area contributed by atoms with Crippen molar-refractivity contribution in [3.63, 3.8) is 0 Å². The molecule has 13 rings (SSSR count). The molecule has 0 aliphatic heterocycles. The number of aromatic nitrogens is 1. The van der Waals surface area contributed by atoms with Crippen molar-refractivity contribution < 1.29 is 4.42 Å². The maximum absolute atomic E-state index is 6.45. The number of fused-ring (bicyclic) bond motifs is 8. The van der Waals surface area contributed by atoms with Gasteiger partial charge >= 0.3 is 0 Å². The van der Waals surface area contributed by atoms with E-state index in [1.165, 1.54) is 60.4 Å². The third kappa shape index (κ3) is 6.67. The second-order valence-corrected chi connectivity index (χ2v) is 17.3. The molecule has 314 valence electrons. The van der Waals surface area contributed by atoms with Gasteiger partial charge < -0.3 is 13.9 Å². The summed E-state index contributed by atoms with van der Waals surface area (Å²) < 4.78 is 8.89. The molecule has 0 N–H and O–H groups in total. The van der Waals surface area contributed by atoms with E-state index in [-0.39, 0.29) is 0 Å². The third-order valence-corrected chi connectivity index (χ3v) is 13.4. The summed E-state index contributed by atoms with van der Waals surface area (Å²) in [5, 5.41) is 7.24. The molecule has 0 atom stereocenters. The largest absolute Gasteiger partial charge is 0.455 e. The first-order valence-electron chi connectivity index (χ1n) is 22.9. The summed E-state index contributed by atoms with van der Waals surface area (Å²) in [4.78, 5) is 2.35. The van der Waals surface area contributed by atoms with Crippen LogP contribution in [0.1, 0.15) is 0 Å². The Morgan fingerprint density at radius 2 is 0.806 bits per heavy atom. The fraction of sp³-hybridized carbons (Fsp3) is 0. The Hall–Kier alpha value is -8.92. The molecule has 11 aromatic carbocycles. The molecule has 0 saturated carbocycles. The Balaban J connectivity index is 0.891. The quantitative estimate of drug-likeness (QED) is 0.152. The first-order valence-corrected chi connectivity index (χ1v) is 22.9. The molecule has 0 fully saturated rings. The minimum Gasteiger partial charge on any atom is -0.455 e. The average Bonchev–Trinajstić information content (AvgIpc) is 3.96. The van der Waals surface area contributed by atoms with Gasteiger partial charge in [0.25, 0.3) is 0 Å². The van der Waals surface area contributed by atoms with Crippen LogP contribution in [0.15, 0.2) is 259 Å². The number of nitrogens with zero attached hydrogens (tertiary/aromatic N) is 2. The van der Waals surface area contributed by atoms with Crippen molar-refractivity contribution in [2.75, 3.05) is 4.90 Å². The van der Waals surface area contributed by atoms with Gasteiger partial charge in [-0.2, -0.15) is 0 Å². The summed E-state index contributed by atoms with van der Waals surface area (Å²) >= 11 is 0. The van der Waals surface area contributed by atoms with E-state index in [4.69, 9.17) is 4.42 Å². The van der Waals surface area contributed by atoms with Crippen LogP contribution in [-0.2, 0) is 0 Å². The molecule has 2 aromatic heterocycles. The van der Waals surface area contributed by atoms with Crippen molar-refractivity contribution >= 4 is 71.6 Å². The van der Waals surface area contributed by atoms with E-state index in [2.05, 4.69) is 252 Å². The summed E-state index contributed by atoms with van der Waals surface area (Å²) in [5.74, 6) is 0. The zero-order valence-corrected chi connectivity index (χ0v) is 36.6. The summed E-state index contributed by atoms with van der Waals surface area (Å²) in [7, 11) is 0. The molecule has 0 bridgehead atoms. The smallest absolute Gasteiger partial charge is 0.143 e. The van der Waals surface area contributed by atoms with Crippen molar-refractivity contribution in [3.05, 3.63) is 255 Å². The van der Waals surface area contributed by atoms with Gasteiger partial charge in [-0.15, -0.1) is 0 Å². The molecule has 3 heteroatoms. The number of benzene rings is 11. The van der Waals surface area contributed by atoms with E-state index in [0.717, 1.165) is 61.4 Å². The van der Waals surface area contributed by atoms with Crippen molar-refractivity contribution in [1.82, 2.24) is 4.57 Å². The van der Waals surface area contributed by atoms with Gasteiger partial charge in [-0.3, -0.25) is 0 Å². The minimum atomic E-state index is 0.902. The van der Waals surface area contributed by atoms with E-state index >= 15 is 0 Å². The highest BCUT2D eigenvalue weighted by atomic mass is 16.3. The van der Waals surface area contributed by atoms with E-state index in [1.807, 2.05) is 12.1 Å². The summed E-state index contributed by atoms with van der Waals surface area (Å²) in [6.07, 6.45) is 0. The van der Waals surface area contributed by atoms with Crippen molar-refractivity contribution in [1.29, 1.82) is 0 Å². The highest BCUT2D eigenvalue weighted by Gasteiger charge is 2.19. The molecular formula is C64H42N2O. The van der Waals surface area contributed by atoms with Gasteiger partial charge in [-0.05, 0) is 105 Å². The first-order chi connectivity index (χ1) is 33.2. The van der Waals surface area contributed by atoms with Crippen LogP contribution in [0.4, 0.5) is 17.1 Å². The lowest BCUT2D eigenvalue weighted by atomic mass is 9.99. The van der Waals surface area contributed by atoms with Crippen LogP contribution in [0.3, 0.4) is 0 Å². The zero-order chi connectivity index (χ0) is 44.3. The van der Waals surface area contributed by atoms with Gasteiger partial charge in [-0.1, -0.05) is 194 Å². The molecule has 13 aromatic rings. The van der Waals surface area contributed by atoms with Gasteiger partial charge in [0.1, 0.15) is 11.2 Å². The molecule has 0 amide bonds. The first kappa shape index (κ1) is 38.5. The van der Waals surface area contributed by atoms with Crippen LogP contribution in [0.2, 0.25) is 0 Å².